The minimum Gasteiger partial charge on any atom is -0.299 e. The molecule has 0 unspecified atom stereocenters. The molecule has 0 aromatic heterocycles. The van der Waals surface area contributed by atoms with Gasteiger partial charge in [0.2, 0.25) is 0 Å². The van der Waals surface area contributed by atoms with Crippen molar-refractivity contribution in [1.82, 2.24) is 0 Å². The Bertz CT molecular complexity index is 374. The first-order valence-electron chi connectivity index (χ1n) is 5.48. The summed E-state index contributed by atoms with van der Waals surface area (Å²) in [6.45, 7) is 3.81. The molecule has 0 saturated carbocycles. The Morgan fingerprint density at radius 1 is 1.44 bits per heavy atom. The number of benzene rings is 1. The van der Waals surface area contributed by atoms with Crippen molar-refractivity contribution in [3.05, 3.63) is 34.1 Å². The fourth-order valence-corrected chi connectivity index (χ4v) is 1.95. The van der Waals surface area contributed by atoms with Gasteiger partial charge in [-0.2, -0.15) is 0 Å². The summed E-state index contributed by atoms with van der Waals surface area (Å²) >= 11 is 3.22. The van der Waals surface area contributed by atoms with Crippen LogP contribution in [0.25, 0.3) is 0 Å². The lowest BCUT2D eigenvalue weighted by molar-refractivity contribution is -0.121. The lowest BCUT2D eigenvalue weighted by Gasteiger charge is -2.06. The number of aryl methyl sites for hydroxylation is 1. The van der Waals surface area contributed by atoms with Crippen LogP contribution in [-0.4, -0.2) is 5.78 Å². The van der Waals surface area contributed by atoms with Crippen molar-refractivity contribution >= 4 is 21.7 Å². The number of carbonyl (C=O) groups excluding carboxylic acids is 1. The second-order valence-corrected chi connectivity index (χ2v) is 4.98. The van der Waals surface area contributed by atoms with E-state index in [9.17, 15) is 9.18 Å². The monoisotopic (exact) mass is 286 g/mol. The minimum absolute atomic E-state index is 0.0935. The molecule has 1 aromatic rings. The van der Waals surface area contributed by atoms with Crippen LogP contribution in [0, 0.1) is 11.7 Å². The lowest BCUT2D eigenvalue weighted by atomic mass is 10.0. The largest absolute Gasteiger partial charge is 0.299 e. The highest BCUT2D eigenvalue weighted by Crippen LogP contribution is 2.22. The van der Waals surface area contributed by atoms with E-state index in [1.807, 2.05) is 19.9 Å². The zero-order valence-corrected chi connectivity index (χ0v) is 11.2. The molecule has 88 valence electrons. The molecule has 1 aromatic carbocycles. The molecule has 0 N–H and O–H groups in total. The fraction of sp³-hybridized carbons (Fsp3) is 0.462. The Hall–Kier alpha value is -0.700. The number of halogens is 2. The molecule has 16 heavy (non-hydrogen) atoms. The molecule has 3 heteroatoms. The molecular formula is C13H16BrFO. The van der Waals surface area contributed by atoms with Gasteiger partial charge in [-0.1, -0.05) is 26.0 Å². The highest BCUT2D eigenvalue weighted by Gasteiger charge is 2.08. The summed E-state index contributed by atoms with van der Waals surface area (Å²) in [6.07, 6.45) is 2.08. The summed E-state index contributed by atoms with van der Waals surface area (Å²) in [5.41, 5.74) is 0.927. The van der Waals surface area contributed by atoms with E-state index >= 15 is 0 Å². The lowest BCUT2D eigenvalue weighted by Crippen LogP contribution is -2.06. The molecule has 0 bridgehead atoms. The van der Waals surface area contributed by atoms with Crippen LogP contribution in [0.3, 0.4) is 0 Å². The number of rotatable bonds is 5. The van der Waals surface area contributed by atoms with E-state index in [-0.39, 0.29) is 17.5 Å². The summed E-state index contributed by atoms with van der Waals surface area (Å²) < 4.78 is 13.7. The van der Waals surface area contributed by atoms with Gasteiger partial charge in [-0.3, -0.25) is 4.79 Å². The molecule has 0 radical (unpaired) electrons. The molecular weight excluding hydrogens is 271 g/mol. The van der Waals surface area contributed by atoms with Gasteiger partial charge in [-0.15, -0.1) is 0 Å². The Kier molecular flexibility index (Phi) is 5.13. The van der Waals surface area contributed by atoms with E-state index in [1.165, 1.54) is 6.07 Å². The highest BCUT2D eigenvalue weighted by molar-refractivity contribution is 9.10. The summed E-state index contributed by atoms with van der Waals surface area (Å²) in [4.78, 5) is 11.4. The molecule has 0 fully saturated rings. The number of ketones is 1. The van der Waals surface area contributed by atoms with Gasteiger partial charge < -0.3 is 0 Å². The van der Waals surface area contributed by atoms with E-state index in [0.29, 0.717) is 10.9 Å². The van der Waals surface area contributed by atoms with Gasteiger partial charge in [-0.25, -0.2) is 4.39 Å². The van der Waals surface area contributed by atoms with Gasteiger partial charge in [-0.05, 0) is 40.4 Å². The van der Waals surface area contributed by atoms with Crippen LogP contribution in [0.5, 0.6) is 0 Å². The van der Waals surface area contributed by atoms with E-state index in [2.05, 4.69) is 15.9 Å². The second kappa shape index (κ2) is 6.14. The molecule has 0 atom stereocenters. The molecule has 0 spiro atoms. The van der Waals surface area contributed by atoms with Crippen LogP contribution in [-0.2, 0) is 11.2 Å². The summed E-state index contributed by atoms with van der Waals surface area (Å²) in [6, 6.07) is 5.00. The van der Waals surface area contributed by atoms with Crippen LogP contribution >= 0.6 is 15.9 Å². The van der Waals surface area contributed by atoms with Crippen LogP contribution in [0.4, 0.5) is 4.39 Å². The fourth-order valence-electron chi connectivity index (χ4n) is 1.48. The number of Topliss-reactive ketones (excluding diaryl/α,β-unsaturated/α-hetero) is 1. The van der Waals surface area contributed by atoms with Gasteiger partial charge >= 0.3 is 0 Å². The van der Waals surface area contributed by atoms with Crippen LogP contribution in [0.2, 0.25) is 0 Å². The predicted octanol–water partition coefficient (Wildman–Crippen LogP) is 4.14. The number of hydrogen-bond donors (Lipinski definition) is 0. The predicted molar refractivity (Wildman–Crippen MR) is 66.9 cm³/mol. The van der Waals surface area contributed by atoms with E-state index < -0.39 is 0 Å². The molecule has 1 nitrogen and oxygen atoms in total. The van der Waals surface area contributed by atoms with Crippen molar-refractivity contribution in [1.29, 1.82) is 0 Å². The SMILES string of the molecule is CC(C)C(=O)CCCc1cccc(F)c1Br. The molecule has 0 heterocycles. The Morgan fingerprint density at radius 2 is 2.12 bits per heavy atom. The minimum atomic E-state index is -0.243. The third kappa shape index (κ3) is 3.71. The van der Waals surface area contributed by atoms with Crippen molar-refractivity contribution in [3.8, 4) is 0 Å². The van der Waals surface area contributed by atoms with Crippen LogP contribution < -0.4 is 0 Å². The molecule has 0 amide bonds. The summed E-state index contributed by atoms with van der Waals surface area (Å²) in [7, 11) is 0. The molecule has 0 saturated heterocycles. The third-order valence-corrected chi connectivity index (χ3v) is 3.43. The summed E-state index contributed by atoms with van der Waals surface area (Å²) in [5.74, 6) is 0.121. The van der Waals surface area contributed by atoms with Gasteiger partial charge in [0.25, 0.3) is 0 Å². The van der Waals surface area contributed by atoms with E-state index in [1.54, 1.807) is 6.07 Å². The first-order valence-corrected chi connectivity index (χ1v) is 6.27. The van der Waals surface area contributed by atoms with Crippen molar-refractivity contribution in [3.63, 3.8) is 0 Å². The van der Waals surface area contributed by atoms with Gasteiger partial charge in [0.15, 0.2) is 0 Å². The number of hydrogen-bond acceptors (Lipinski definition) is 1. The maximum Gasteiger partial charge on any atom is 0.137 e. The van der Waals surface area contributed by atoms with Gasteiger partial charge in [0, 0.05) is 12.3 Å². The maximum atomic E-state index is 13.2. The average Bonchev–Trinajstić information content (AvgIpc) is 2.24. The van der Waals surface area contributed by atoms with Gasteiger partial charge in [0.05, 0.1) is 4.47 Å². The summed E-state index contributed by atoms with van der Waals surface area (Å²) in [5, 5.41) is 0. The zero-order valence-electron chi connectivity index (χ0n) is 9.59. The van der Waals surface area contributed by atoms with Crippen molar-refractivity contribution in [2.45, 2.75) is 33.1 Å². The Labute approximate surface area is 104 Å². The average molecular weight is 287 g/mol. The third-order valence-electron chi connectivity index (χ3n) is 2.54. The molecule has 1 rings (SSSR count). The van der Waals surface area contributed by atoms with Gasteiger partial charge in [0.1, 0.15) is 11.6 Å². The molecule has 0 aliphatic heterocycles. The Morgan fingerprint density at radius 3 is 2.75 bits per heavy atom. The normalized spacial score (nSPS) is 10.8. The standard InChI is InChI=1S/C13H16BrFO/c1-9(2)12(16)8-4-6-10-5-3-7-11(15)13(10)14/h3,5,7,9H,4,6,8H2,1-2H3. The quantitative estimate of drug-likeness (QED) is 0.795. The second-order valence-electron chi connectivity index (χ2n) is 4.19. The van der Waals surface area contributed by atoms with E-state index in [4.69, 9.17) is 0 Å². The van der Waals surface area contributed by atoms with Crippen LogP contribution in [0.15, 0.2) is 22.7 Å². The van der Waals surface area contributed by atoms with Crippen LogP contribution in [0.1, 0.15) is 32.3 Å². The molecule has 0 aliphatic rings. The topological polar surface area (TPSA) is 17.1 Å². The van der Waals surface area contributed by atoms with E-state index in [0.717, 1.165) is 18.4 Å². The smallest absolute Gasteiger partial charge is 0.137 e. The Balaban J connectivity index is 2.49. The van der Waals surface area contributed by atoms with Crippen molar-refractivity contribution in [2.24, 2.45) is 5.92 Å². The maximum absolute atomic E-state index is 13.2. The highest BCUT2D eigenvalue weighted by atomic mass is 79.9. The first kappa shape index (κ1) is 13.4. The van der Waals surface area contributed by atoms with Crippen molar-refractivity contribution < 1.29 is 9.18 Å². The van der Waals surface area contributed by atoms with Crippen molar-refractivity contribution in [2.75, 3.05) is 0 Å². The first-order chi connectivity index (χ1) is 7.52. The molecule has 0 aliphatic carbocycles. The zero-order chi connectivity index (χ0) is 12.1. The number of carbonyl (C=O) groups is 1.